The van der Waals surface area contributed by atoms with Gasteiger partial charge >= 0.3 is 0 Å². The second-order valence-electron chi connectivity index (χ2n) is 5.47. The van der Waals surface area contributed by atoms with Crippen LogP contribution < -0.4 is 5.32 Å². The van der Waals surface area contributed by atoms with Crippen LogP contribution in [0.4, 0.5) is 11.4 Å². The maximum Gasteiger partial charge on any atom is 0.0630 e. The van der Waals surface area contributed by atoms with Crippen molar-refractivity contribution in [1.29, 1.82) is 0 Å². The van der Waals surface area contributed by atoms with Crippen molar-refractivity contribution in [2.24, 2.45) is 4.99 Å². The fraction of sp³-hybridized carbons (Fsp3) is 0. The fourth-order valence-electron chi connectivity index (χ4n) is 2.25. The van der Waals surface area contributed by atoms with E-state index in [-0.39, 0.29) is 0 Å². The quantitative estimate of drug-likeness (QED) is 0.440. The van der Waals surface area contributed by atoms with Gasteiger partial charge in [0.1, 0.15) is 0 Å². The first-order valence-electron chi connectivity index (χ1n) is 7.88. The standard InChI is InChI=1S/C21H15Cl3N2/c22-16-3-1-15(2-4-16)21(26-20-11-7-18(24)8-12-20)13-14-25-19-9-5-17(23)6-10-19/h1-14,26H/b21-13+,25-14?. The zero-order valence-corrected chi connectivity index (χ0v) is 15.9. The second kappa shape index (κ2) is 8.91. The Morgan fingerprint density at radius 3 is 1.77 bits per heavy atom. The minimum Gasteiger partial charge on any atom is -0.355 e. The number of halogens is 3. The molecule has 0 fully saturated rings. The lowest BCUT2D eigenvalue weighted by atomic mass is 10.1. The summed E-state index contributed by atoms with van der Waals surface area (Å²) in [6, 6.07) is 22.5. The Labute approximate surface area is 167 Å². The van der Waals surface area contributed by atoms with Crippen LogP contribution in [0.2, 0.25) is 15.1 Å². The van der Waals surface area contributed by atoms with Crippen molar-refractivity contribution in [1.82, 2.24) is 0 Å². The lowest BCUT2D eigenvalue weighted by Gasteiger charge is -2.11. The predicted molar refractivity (Wildman–Crippen MR) is 114 cm³/mol. The van der Waals surface area contributed by atoms with Crippen LogP contribution in [0.25, 0.3) is 5.70 Å². The molecule has 3 aromatic rings. The van der Waals surface area contributed by atoms with Crippen molar-refractivity contribution in [3.8, 4) is 0 Å². The van der Waals surface area contributed by atoms with Gasteiger partial charge in [0.2, 0.25) is 0 Å². The summed E-state index contributed by atoms with van der Waals surface area (Å²) in [6.07, 6.45) is 3.66. The molecule has 3 rings (SSSR count). The van der Waals surface area contributed by atoms with Gasteiger partial charge in [0.25, 0.3) is 0 Å². The highest BCUT2D eigenvalue weighted by Crippen LogP contribution is 2.22. The molecule has 0 saturated heterocycles. The molecule has 0 aliphatic rings. The third-order valence-corrected chi connectivity index (χ3v) is 4.33. The van der Waals surface area contributed by atoms with E-state index in [1.54, 1.807) is 6.21 Å². The van der Waals surface area contributed by atoms with Crippen molar-refractivity contribution < 1.29 is 0 Å². The topological polar surface area (TPSA) is 24.4 Å². The van der Waals surface area contributed by atoms with Gasteiger partial charge in [0.05, 0.1) is 5.69 Å². The van der Waals surface area contributed by atoms with Crippen LogP contribution in [0.5, 0.6) is 0 Å². The van der Waals surface area contributed by atoms with Crippen LogP contribution >= 0.6 is 34.8 Å². The number of hydrogen-bond acceptors (Lipinski definition) is 2. The number of nitrogens with one attached hydrogen (secondary N) is 1. The van der Waals surface area contributed by atoms with Crippen molar-refractivity contribution in [2.75, 3.05) is 5.32 Å². The molecule has 0 atom stereocenters. The Morgan fingerprint density at radius 2 is 1.19 bits per heavy atom. The number of hydrogen-bond donors (Lipinski definition) is 1. The molecule has 0 heterocycles. The van der Waals surface area contributed by atoms with Gasteiger partial charge in [-0.2, -0.15) is 0 Å². The molecule has 0 aliphatic carbocycles. The van der Waals surface area contributed by atoms with E-state index in [4.69, 9.17) is 34.8 Å². The lowest BCUT2D eigenvalue weighted by Crippen LogP contribution is -1.99. The molecule has 3 aromatic carbocycles. The summed E-state index contributed by atoms with van der Waals surface area (Å²) in [4.78, 5) is 4.44. The first-order valence-corrected chi connectivity index (χ1v) is 9.02. The van der Waals surface area contributed by atoms with Gasteiger partial charge in [0.15, 0.2) is 0 Å². The molecule has 0 spiro atoms. The summed E-state index contributed by atoms with van der Waals surface area (Å²) in [6.45, 7) is 0. The van der Waals surface area contributed by atoms with Crippen molar-refractivity contribution >= 4 is 58.1 Å². The van der Waals surface area contributed by atoms with Gasteiger partial charge < -0.3 is 5.32 Å². The number of benzene rings is 3. The van der Waals surface area contributed by atoms with E-state index in [1.807, 2.05) is 78.9 Å². The zero-order valence-electron chi connectivity index (χ0n) is 13.7. The molecule has 130 valence electrons. The molecular weight excluding hydrogens is 387 g/mol. The van der Waals surface area contributed by atoms with E-state index in [0.29, 0.717) is 15.1 Å². The molecule has 1 N–H and O–H groups in total. The van der Waals surface area contributed by atoms with Gasteiger partial charge in [-0.3, -0.25) is 4.99 Å². The Hall–Kier alpha value is -2.26. The average Bonchev–Trinajstić information content (AvgIpc) is 2.65. The Bertz CT molecular complexity index is 913. The molecule has 2 nitrogen and oxygen atoms in total. The van der Waals surface area contributed by atoms with Crippen molar-refractivity contribution in [2.45, 2.75) is 0 Å². The highest BCUT2D eigenvalue weighted by molar-refractivity contribution is 6.31. The second-order valence-corrected chi connectivity index (χ2v) is 6.78. The van der Waals surface area contributed by atoms with E-state index >= 15 is 0 Å². The summed E-state index contributed by atoms with van der Waals surface area (Å²) in [5.41, 5.74) is 3.64. The molecule has 0 radical (unpaired) electrons. The Balaban J connectivity index is 1.87. The molecule has 0 amide bonds. The van der Waals surface area contributed by atoms with Crippen LogP contribution in [0.3, 0.4) is 0 Å². The van der Waals surface area contributed by atoms with Crippen LogP contribution in [0, 0.1) is 0 Å². The van der Waals surface area contributed by atoms with Gasteiger partial charge in [0, 0.05) is 32.7 Å². The number of aliphatic imine (C=N–C) groups is 1. The first kappa shape index (κ1) is 18.5. The summed E-state index contributed by atoms with van der Waals surface area (Å²) in [5.74, 6) is 0. The summed E-state index contributed by atoms with van der Waals surface area (Å²) in [7, 11) is 0. The van der Waals surface area contributed by atoms with Crippen molar-refractivity contribution in [3.05, 3.63) is 99.5 Å². The minimum atomic E-state index is 0.686. The van der Waals surface area contributed by atoms with Crippen LogP contribution in [0.1, 0.15) is 5.56 Å². The molecule has 0 bridgehead atoms. The van der Waals surface area contributed by atoms with Gasteiger partial charge in [-0.05, 0) is 72.3 Å². The SMILES string of the molecule is Clc1ccc(N=C/C=C(/Nc2ccc(Cl)cc2)c2ccc(Cl)cc2)cc1. The highest BCUT2D eigenvalue weighted by Gasteiger charge is 2.02. The Kier molecular flexibility index (Phi) is 6.35. The van der Waals surface area contributed by atoms with Crippen molar-refractivity contribution in [3.63, 3.8) is 0 Å². The zero-order chi connectivity index (χ0) is 18.4. The number of anilines is 1. The summed E-state index contributed by atoms with van der Waals surface area (Å²) < 4.78 is 0. The Morgan fingerprint density at radius 1 is 0.692 bits per heavy atom. The van der Waals surface area contributed by atoms with Gasteiger partial charge in [-0.1, -0.05) is 46.9 Å². The molecule has 0 unspecified atom stereocenters. The van der Waals surface area contributed by atoms with E-state index in [9.17, 15) is 0 Å². The molecule has 0 aliphatic heterocycles. The maximum absolute atomic E-state index is 6.00. The van der Waals surface area contributed by atoms with E-state index < -0.39 is 0 Å². The lowest BCUT2D eigenvalue weighted by molar-refractivity contribution is 1.52. The third kappa shape index (κ3) is 5.37. The summed E-state index contributed by atoms with van der Waals surface area (Å²) in [5, 5.41) is 5.45. The monoisotopic (exact) mass is 400 g/mol. The largest absolute Gasteiger partial charge is 0.355 e. The third-order valence-electron chi connectivity index (χ3n) is 3.57. The maximum atomic E-state index is 6.00. The predicted octanol–water partition coefficient (Wildman–Crippen LogP) is 7.50. The molecule has 26 heavy (non-hydrogen) atoms. The van der Waals surface area contributed by atoms with Gasteiger partial charge in [-0.25, -0.2) is 0 Å². The van der Waals surface area contributed by atoms with Crippen LogP contribution in [0.15, 0.2) is 83.9 Å². The van der Waals surface area contributed by atoms with E-state index in [2.05, 4.69) is 10.3 Å². The average molecular weight is 402 g/mol. The molecular formula is C21H15Cl3N2. The highest BCUT2D eigenvalue weighted by atomic mass is 35.5. The van der Waals surface area contributed by atoms with Gasteiger partial charge in [-0.15, -0.1) is 0 Å². The molecule has 0 aromatic heterocycles. The number of nitrogens with zero attached hydrogens (tertiary/aromatic N) is 1. The van der Waals surface area contributed by atoms with E-state index in [1.165, 1.54) is 0 Å². The molecule has 0 saturated carbocycles. The van der Waals surface area contributed by atoms with Crippen LogP contribution in [-0.2, 0) is 0 Å². The smallest absolute Gasteiger partial charge is 0.0630 e. The number of allylic oxidation sites excluding steroid dienone is 1. The van der Waals surface area contributed by atoms with Crippen LogP contribution in [-0.4, -0.2) is 6.21 Å². The first-order chi connectivity index (χ1) is 12.6. The number of rotatable bonds is 5. The normalized spacial score (nSPS) is 11.7. The molecule has 5 heteroatoms. The fourth-order valence-corrected chi connectivity index (χ4v) is 2.63. The summed E-state index contributed by atoms with van der Waals surface area (Å²) >= 11 is 17.9. The minimum absolute atomic E-state index is 0.686. The van der Waals surface area contributed by atoms with E-state index in [0.717, 1.165) is 22.6 Å².